The topological polar surface area (TPSA) is 51.3 Å². The number of alkyl halides is 3. The van der Waals surface area contributed by atoms with Gasteiger partial charge >= 0.3 is 6.18 Å². The molecule has 0 saturated carbocycles. The van der Waals surface area contributed by atoms with Crippen molar-refractivity contribution < 1.29 is 17.9 Å². The maximum Gasteiger partial charge on any atom is 0.417 e. The minimum Gasteiger partial charge on any atom is -0.381 e. The lowest BCUT2D eigenvalue weighted by Gasteiger charge is -2.35. The summed E-state index contributed by atoms with van der Waals surface area (Å²) in [7, 11) is 1.72. The fraction of sp³-hybridized carbons (Fsp3) is 0.571. The minimum absolute atomic E-state index is 0.187. The SMILES string of the molecule is CC(C)N1CCc2c(c(N3CCCc4cc(-c5cnn(C)c5)c(C(F)(F)F)cc43)nn2C2CCOCC2)C1. The molecule has 10 heteroatoms. The van der Waals surface area contributed by atoms with E-state index in [-0.39, 0.29) is 11.6 Å². The van der Waals surface area contributed by atoms with Crippen molar-refractivity contribution in [2.45, 2.75) is 70.8 Å². The number of nitrogens with zero attached hydrogens (tertiary/aromatic N) is 6. The van der Waals surface area contributed by atoms with Gasteiger partial charge < -0.3 is 9.64 Å². The van der Waals surface area contributed by atoms with Crippen LogP contribution in [0.2, 0.25) is 0 Å². The number of hydrogen-bond donors (Lipinski definition) is 0. The third-order valence-corrected chi connectivity index (χ3v) is 8.28. The quantitative estimate of drug-likeness (QED) is 0.447. The van der Waals surface area contributed by atoms with Crippen LogP contribution in [0.4, 0.5) is 24.7 Å². The molecule has 1 aromatic carbocycles. The molecule has 3 aromatic rings. The number of halogens is 3. The van der Waals surface area contributed by atoms with Crippen LogP contribution in [-0.2, 0) is 37.3 Å². The second-order valence-corrected chi connectivity index (χ2v) is 11.0. The van der Waals surface area contributed by atoms with Gasteiger partial charge in [0.2, 0.25) is 0 Å². The Labute approximate surface area is 221 Å². The smallest absolute Gasteiger partial charge is 0.381 e. The predicted molar refractivity (Wildman–Crippen MR) is 140 cm³/mol. The van der Waals surface area contributed by atoms with E-state index in [2.05, 4.69) is 33.4 Å². The maximum absolute atomic E-state index is 14.4. The molecule has 0 amide bonds. The number of aryl methyl sites for hydroxylation is 2. The molecular formula is C28H35F3N6O. The van der Waals surface area contributed by atoms with Crippen LogP contribution >= 0.6 is 0 Å². The highest BCUT2D eigenvalue weighted by Gasteiger charge is 2.38. The Bertz CT molecular complexity index is 1320. The fourth-order valence-electron chi connectivity index (χ4n) is 6.22. The van der Waals surface area contributed by atoms with Gasteiger partial charge in [-0.25, -0.2) is 0 Å². The van der Waals surface area contributed by atoms with Crippen molar-refractivity contribution in [3.63, 3.8) is 0 Å². The largest absolute Gasteiger partial charge is 0.417 e. The summed E-state index contributed by atoms with van der Waals surface area (Å²) < 4.78 is 52.6. The Hall–Kier alpha value is -2.85. The maximum atomic E-state index is 14.4. The number of rotatable bonds is 4. The summed E-state index contributed by atoms with van der Waals surface area (Å²) in [6.07, 6.45) is 2.96. The van der Waals surface area contributed by atoms with E-state index in [1.165, 1.54) is 22.6 Å². The van der Waals surface area contributed by atoms with Crippen LogP contribution in [0.1, 0.15) is 61.5 Å². The van der Waals surface area contributed by atoms with Crippen molar-refractivity contribution in [1.29, 1.82) is 0 Å². The highest BCUT2D eigenvalue weighted by Crippen LogP contribution is 2.45. The van der Waals surface area contributed by atoms with Gasteiger partial charge in [0.25, 0.3) is 0 Å². The minimum atomic E-state index is -4.49. The lowest BCUT2D eigenvalue weighted by molar-refractivity contribution is -0.137. The molecule has 0 bridgehead atoms. The van der Waals surface area contributed by atoms with Gasteiger partial charge in [-0.1, -0.05) is 0 Å². The van der Waals surface area contributed by atoms with Gasteiger partial charge in [0.15, 0.2) is 5.82 Å². The van der Waals surface area contributed by atoms with Gasteiger partial charge in [0, 0.05) is 81.1 Å². The van der Waals surface area contributed by atoms with Crippen LogP contribution in [0.15, 0.2) is 24.5 Å². The second-order valence-electron chi connectivity index (χ2n) is 11.0. The molecule has 3 aliphatic rings. The summed E-state index contributed by atoms with van der Waals surface area (Å²) in [5, 5.41) is 9.29. The zero-order valence-electron chi connectivity index (χ0n) is 22.3. The number of benzene rings is 1. The van der Waals surface area contributed by atoms with Gasteiger partial charge in [-0.05, 0) is 62.8 Å². The van der Waals surface area contributed by atoms with E-state index in [0.717, 1.165) is 62.1 Å². The average molecular weight is 529 g/mol. The molecule has 38 heavy (non-hydrogen) atoms. The summed E-state index contributed by atoms with van der Waals surface area (Å²) in [4.78, 5) is 4.49. The lowest BCUT2D eigenvalue weighted by atomic mass is 9.92. The van der Waals surface area contributed by atoms with Gasteiger partial charge in [-0.3, -0.25) is 14.3 Å². The fourth-order valence-corrected chi connectivity index (χ4v) is 6.22. The van der Waals surface area contributed by atoms with Crippen LogP contribution in [-0.4, -0.2) is 56.8 Å². The molecular weight excluding hydrogens is 493 g/mol. The monoisotopic (exact) mass is 528 g/mol. The third kappa shape index (κ3) is 4.51. The van der Waals surface area contributed by atoms with E-state index in [9.17, 15) is 13.2 Å². The molecule has 5 heterocycles. The molecule has 1 fully saturated rings. The van der Waals surface area contributed by atoms with Crippen LogP contribution in [0, 0.1) is 0 Å². The van der Waals surface area contributed by atoms with Gasteiger partial charge in [0.1, 0.15) is 0 Å². The molecule has 0 atom stereocenters. The summed E-state index contributed by atoms with van der Waals surface area (Å²) in [5.74, 6) is 0.819. The average Bonchev–Trinajstić information content (AvgIpc) is 3.51. The third-order valence-electron chi connectivity index (χ3n) is 8.28. The molecule has 3 aliphatic heterocycles. The summed E-state index contributed by atoms with van der Waals surface area (Å²) >= 11 is 0. The number of fused-ring (bicyclic) bond motifs is 2. The van der Waals surface area contributed by atoms with Gasteiger partial charge in [-0.15, -0.1) is 0 Å². The van der Waals surface area contributed by atoms with Crippen molar-refractivity contribution in [2.75, 3.05) is 31.2 Å². The van der Waals surface area contributed by atoms with Crippen LogP contribution < -0.4 is 4.90 Å². The summed E-state index contributed by atoms with van der Waals surface area (Å²) in [6.45, 7) is 8.18. The van der Waals surface area contributed by atoms with Crippen molar-refractivity contribution >= 4 is 11.5 Å². The molecule has 0 unspecified atom stereocenters. The number of hydrogen-bond acceptors (Lipinski definition) is 5. The molecule has 0 N–H and O–H groups in total. The first kappa shape index (κ1) is 25.4. The normalized spacial score (nSPS) is 19.2. The van der Waals surface area contributed by atoms with Crippen molar-refractivity contribution in [2.24, 2.45) is 7.05 Å². The van der Waals surface area contributed by atoms with Gasteiger partial charge in [-0.2, -0.15) is 23.4 Å². The van der Waals surface area contributed by atoms with E-state index >= 15 is 0 Å². The molecule has 1 saturated heterocycles. The second kappa shape index (κ2) is 9.72. The van der Waals surface area contributed by atoms with Crippen LogP contribution in [0.25, 0.3) is 11.1 Å². The van der Waals surface area contributed by atoms with Crippen molar-refractivity contribution in [3.8, 4) is 11.1 Å². The van der Waals surface area contributed by atoms with Gasteiger partial charge in [0.05, 0.1) is 17.8 Å². The lowest BCUT2D eigenvalue weighted by Crippen LogP contribution is -2.37. The van der Waals surface area contributed by atoms with E-state index in [1.807, 2.05) is 0 Å². The number of ether oxygens (including phenoxy) is 1. The first-order chi connectivity index (χ1) is 18.2. The van der Waals surface area contributed by atoms with E-state index < -0.39 is 11.7 Å². The van der Waals surface area contributed by atoms with E-state index in [1.54, 1.807) is 19.3 Å². The highest BCUT2D eigenvalue weighted by atomic mass is 19.4. The highest BCUT2D eigenvalue weighted by molar-refractivity contribution is 5.77. The summed E-state index contributed by atoms with van der Waals surface area (Å²) in [5.41, 5.74) is 3.98. The molecule has 7 nitrogen and oxygen atoms in total. The van der Waals surface area contributed by atoms with Crippen molar-refractivity contribution in [3.05, 3.63) is 46.9 Å². The first-order valence-electron chi connectivity index (χ1n) is 13.6. The summed E-state index contributed by atoms with van der Waals surface area (Å²) in [6, 6.07) is 3.72. The Morgan fingerprint density at radius 1 is 1.08 bits per heavy atom. The number of anilines is 2. The molecule has 0 spiro atoms. The van der Waals surface area contributed by atoms with Crippen LogP contribution in [0.3, 0.4) is 0 Å². The molecule has 0 radical (unpaired) electrons. The first-order valence-corrected chi connectivity index (χ1v) is 13.6. The molecule has 0 aliphatic carbocycles. The zero-order valence-corrected chi connectivity index (χ0v) is 22.3. The zero-order chi connectivity index (χ0) is 26.6. The Morgan fingerprint density at radius 2 is 1.87 bits per heavy atom. The van der Waals surface area contributed by atoms with E-state index in [0.29, 0.717) is 37.1 Å². The number of aromatic nitrogens is 4. The Morgan fingerprint density at radius 3 is 2.55 bits per heavy atom. The van der Waals surface area contributed by atoms with Crippen LogP contribution in [0.5, 0.6) is 0 Å². The van der Waals surface area contributed by atoms with Crippen molar-refractivity contribution in [1.82, 2.24) is 24.5 Å². The Balaban J connectivity index is 1.48. The molecule has 204 valence electrons. The molecule has 6 rings (SSSR count). The predicted octanol–water partition coefficient (Wildman–Crippen LogP) is 5.50. The Kier molecular flexibility index (Phi) is 6.50. The molecule has 2 aromatic heterocycles. The van der Waals surface area contributed by atoms with E-state index in [4.69, 9.17) is 9.84 Å². The standard InChI is InChI=1S/C28H35F3N6O/c1-18(2)35-10-6-25-23(17-35)27(33-37(25)21-7-11-38-12-8-21)36-9-4-5-19-13-22(20-15-32-34(3)16-20)24(14-26(19)36)28(29,30)31/h13-16,18,21H,4-12,17H2,1-3H3.